The molecule has 36 heavy (non-hydrogen) atoms. The number of nitrogens with zero attached hydrogens (tertiary/aromatic N) is 6. The number of aliphatic hydroxyl groups excluding tert-OH is 1. The Morgan fingerprint density at radius 2 is 1.97 bits per heavy atom. The van der Waals surface area contributed by atoms with Crippen molar-refractivity contribution in [3.63, 3.8) is 0 Å². The molecule has 11 nitrogen and oxygen atoms in total. The normalized spacial score (nSPS) is 14.7. The van der Waals surface area contributed by atoms with E-state index < -0.39 is 12.6 Å². The molecule has 3 aromatic rings. The topological polar surface area (TPSA) is 149 Å². The van der Waals surface area contributed by atoms with Crippen molar-refractivity contribution in [3.05, 3.63) is 53.4 Å². The average molecular weight is 509 g/mol. The Bertz CT molecular complexity index is 1280. The van der Waals surface area contributed by atoms with Crippen LogP contribution in [-0.4, -0.2) is 67.3 Å². The molecular formula is C24H25ClN8O3. The van der Waals surface area contributed by atoms with E-state index in [2.05, 4.69) is 25.7 Å². The first-order valence-electron chi connectivity index (χ1n) is 11.4. The highest BCUT2D eigenvalue weighted by atomic mass is 35.5. The van der Waals surface area contributed by atoms with Crippen LogP contribution in [0.1, 0.15) is 36.2 Å². The molecule has 0 bridgehead atoms. The summed E-state index contributed by atoms with van der Waals surface area (Å²) in [4.78, 5) is 34.3. The van der Waals surface area contributed by atoms with Crippen LogP contribution < -0.4 is 10.6 Å². The molecule has 3 heterocycles. The van der Waals surface area contributed by atoms with E-state index in [9.17, 15) is 9.59 Å². The summed E-state index contributed by atoms with van der Waals surface area (Å²) in [6.07, 6.45) is 6.54. The molecule has 0 unspecified atom stereocenters. The molecule has 4 rings (SSSR count). The second-order valence-corrected chi connectivity index (χ2v) is 8.80. The van der Waals surface area contributed by atoms with Gasteiger partial charge in [-0.15, -0.1) is 0 Å². The van der Waals surface area contributed by atoms with E-state index in [0.29, 0.717) is 46.6 Å². The molecule has 0 radical (unpaired) electrons. The zero-order valence-corrected chi connectivity index (χ0v) is 20.3. The predicted molar refractivity (Wildman–Crippen MR) is 132 cm³/mol. The number of piperidine rings is 1. The number of hydrogen-bond donors (Lipinski definition) is 3. The molecule has 2 aromatic heterocycles. The summed E-state index contributed by atoms with van der Waals surface area (Å²) >= 11 is 6.35. The van der Waals surface area contributed by atoms with E-state index in [1.807, 2.05) is 16.9 Å². The maximum absolute atomic E-state index is 12.2. The molecule has 1 saturated heterocycles. The highest BCUT2D eigenvalue weighted by Gasteiger charge is 2.24. The Kier molecular flexibility index (Phi) is 7.77. The van der Waals surface area contributed by atoms with Crippen molar-refractivity contribution in [2.75, 3.05) is 25.0 Å². The van der Waals surface area contributed by atoms with Crippen LogP contribution in [0.3, 0.4) is 0 Å². The fourth-order valence-electron chi connectivity index (χ4n) is 3.93. The minimum absolute atomic E-state index is 0.150. The fraction of sp³-hybridized carbons (Fsp3) is 0.333. The number of nitriles is 1. The number of amides is 2. The summed E-state index contributed by atoms with van der Waals surface area (Å²) in [5.74, 6) is -0.255. The van der Waals surface area contributed by atoms with Gasteiger partial charge >= 0.3 is 0 Å². The molecule has 0 saturated carbocycles. The van der Waals surface area contributed by atoms with E-state index in [-0.39, 0.29) is 17.9 Å². The van der Waals surface area contributed by atoms with Gasteiger partial charge in [0.25, 0.3) is 5.91 Å². The number of hydrogen-bond acceptors (Lipinski definition) is 8. The fourth-order valence-corrected chi connectivity index (χ4v) is 4.13. The number of rotatable bonds is 7. The summed E-state index contributed by atoms with van der Waals surface area (Å²) in [6, 6.07) is 8.27. The second-order valence-electron chi connectivity index (χ2n) is 8.40. The number of benzene rings is 1. The van der Waals surface area contributed by atoms with Crippen LogP contribution in [0, 0.1) is 11.3 Å². The molecule has 186 valence electrons. The predicted octanol–water partition coefficient (Wildman–Crippen LogP) is 2.53. The second kappa shape index (κ2) is 11.2. The van der Waals surface area contributed by atoms with Crippen LogP contribution >= 0.6 is 11.6 Å². The third-order valence-corrected chi connectivity index (χ3v) is 6.17. The SMILES string of the molecule is C[C@@H](C#N)NC(=O)c1ccc(-c2nc(Nc3cnn(C4CCN(C(=O)CO)CC4)c3)ncc2Cl)cc1. The lowest BCUT2D eigenvalue weighted by atomic mass is 10.1. The Hall–Kier alpha value is -4.01. The maximum Gasteiger partial charge on any atom is 0.252 e. The van der Waals surface area contributed by atoms with Gasteiger partial charge in [-0.05, 0) is 31.9 Å². The lowest BCUT2D eigenvalue weighted by Crippen LogP contribution is -2.40. The highest BCUT2D eigenvalue weighted by Crippen LogP contribution is 2.28. The number of aromatic nitrogens is 4. The molecule has 1 aliphatic rings. The average Bonchev–Trinajstić information content (AvgIpc) is 3.37. The summed E-state index contributed by atoms with van der Waals surface area (Å²) in [7, 11) is 0. The minimum Gasteiger partial charge on any atom is -0.387 e. The number of aliphatic hydroxyl groups is 1. The molecule has 2 amide bonds. The van der Waals surface area contributed by atoms with Crippen LogP contribution in [-0.2, 0) is 4.79 Å². The number of anilines is 2. The van der Waals surface area contributed by atoms with Gasteiger partial charge in [-0.1, -0.05) is 23.7 Å². The summed E-state index contributed by atoms with van der Waals surface area (Å²) in [6.45, 7) is 2.29. The first kappa shape index (κ1) is 25.1. The summed E-state index contributed by atoms with van der Waals surface area (Å²) in [5.41, 5.74) is 2.33. The molecule has 0 spiro atoms. The maximum atomic E-state index is 12.2. The Morgan fingerprint density at radius 1 is 1.25 bits per heavy atom. The van der Waals surface area contributed by atoms with Gasteiger partial charge < -0.3 is 20.6 Å². The molecule has 1 fully saturated rings. The number of likely N-dealkylation sites (tertiary alicyclic amines) is 1. The first-order valence-corrected chi connectivity index (χ1v) is 11.8. The van der Waals surface area contributed by atoms with Crippen LogP contribution in [0.5, 0.6) is 0 Å². The standard InChI is InChI=1S/C24H25ClN8O3/c1-15(10-26)29-23(36)17-4-2-16(3-5-17)22-20(25)12-27-24(31-22)30-18-11-28-33(13-18)19-6-8-32(9-7-19)21(35)14-34/h2-5,11-13,15,19,34H,6-9,14H2,1H3,(H,29,36)(H,27,30,31)/t15-/m0/s1. The van der Waals surface area contributed by atoms with E-state index in [1.165, 1.54) is 6.20 Å². The lowest BCUT2D eigenvalue weighted by molar-refractivity contribution is -0.135. The molecule has 1 atom stereocenters. The van der Waals surface area contributed by atoms with Crippen molar-refractivity contribution >= 4 is 35.1 Å². The van der Waals surface area contributed by atoms with E-state index in [0.717, 1.165) is 12.8 Å². The molecule has 1 aliphatic heterocycles. The van der Waals surface area contributed by atoms with E-state index in [4.69, 9.17) is 22.0 Å². The van der Waals surface area contributed by atoms with Gasteiger partial charge in [0.05, 0.1) is 40.9 Å². The van der Waals surface area contributed by atoms with Crippen LogP contribution in [0.4, 0.5) is 11.6 Å². The molecule has 12 heteroatoms. The van der Waals surface area contributed by atoms with Gasteiger partial charge in [-0.3, -0.25) is 14.3 Å². The van der Waals surface area contributed by atoms with Crippen LogP contribution in [0.15, 0.2) is 42.9 Å². The Morgan fingerprint density at radius 3 is 2.64 bits per heavy atom. The van der Waals surface area contributed by atoms with Crippen molar-refractivity contribution in [3.8, 4) is 17.3 Å². The largest absolute Gasteiger partial charge is 0.387 e. The van der Waals surface area contributed by atoms with Gasteiger partial charge in [0.2, 0.25) is 11.9 Å². The highest BCUT2D eigenvalue weighted by molar-refractivity contribution is 6.32. The van der Waals surface area contributed by atoms with Crippen molar-refractivity contribution in [2.45, 2.75) is 31.8 Å². The number of carbonyl (C=O) groups is 2. The van der Waals surface area contributed by atoms with Crippen LogP contribution in [0.2, 0.25) is 5.02 Å². The summed E-state index contributed by atoms with van der Waals surface area (Å²) in [5, 5.41) is 28.4. The minimum atomic E-state index is -0.588. The lowest BCUT2D eigenvalue weighted by Gasteiger charge is -2.31. The van der Waals surface area contributed by atoms with Gasteiger partial charge in [-0.25, -0.2) is 9.97 Å². The van der Waals surface area contributed by atoms with Gasteiger partial charge in [0, 0.05) is 30.4 Å². The molecule has 3 N–H and O–H groups in total. The molecular weight excluding hydrogens is 484 g/mol. The quantitative estimate of drug-likeness (QED) is 0.440. The van der Waals surface area contributed by atoms with E-state index >= 15 is 0 Å². The van der Waals surface area contributed by atoms with Gasteiger partial charge in [0.1, 0.15) is 12.6 Å². The van der Waals surface area contributed by atoms with Gasteiger partial charge in [0.15, 0.2) is 0 Å². The van der Waals surface area contributed by atoms with Crippen molar-refractivity contribution in [2.24, 2.45) is 0 Å². The number of carbonyl (C=O) groups excluding carboxylic acids is 2. The van der Waals surface area contributed by atoms with E-state index in [1.54, 1.807) is 42.3 Å². The number of nitrogens with one attached hydrogen (secondary N) is 2. The monoisotopic (exact) mass is 508 g/mol. The van der Waals surface area contributed by atoms with Crippen molar-refractivity contribution < 1.29 is 14.7 Å². The Labute approximate surface area is 212 Å². The zero-order chi connectivity index (χ0) is 25.7. The smallest absolute Gasteiger partial charge is 0.252 e. The number of halogens is 1. The molecule has 0 aliphatic carbocycles. The molecule has 1 aromatic carbocycles. The third kappa shape index (κ3) is 5.79. The van der Waals surface area contributed by atoms with Gasteiger partial charge in [-0.2, -0.15) is 10.4 Å². The third-order valence-electron chi connectivity index (χ3n) is 5.89. The Balaban J connectivity index is 1.43. The van der Waals surface area contributed by atoms with Crippen LogP contribution in [0.25, 0.3) is 11.3 Å². The summed E-state index contributed by atoms with van der Waals surface area (Å²) < 4.78 is 1.86. The zero-order valence-electron chi connectivity index (χ0n) is 19.6. The van der Waals surface area contributed by atoms with Crippen molar-refractivity contribution in [1.29, 1.82) is 5.26 Å². The van der Waals surface area contributed by atoms with Crippen molar-refractivity contribution in [1.82, 2.24) is 30.0 Å². The first-order chi connectivity index (χ1) is 17.4.